The third kappa shape index (κ3) is 3.32. The van der Waals surface area contributed by atoms with Gasteiger partial charge in [-0.3, -0.25) is 9.59 Å². The summed E-state index contributed by atoms with van der Waals surface area (Å²) >= 11 is 7.03. The number of rotatable bonds is 3. The lowest BCUT2D eigenvalue weighted by molar-refractivity contribution is -0.110. The Bertz CT molecular complexity index is 1160. The Labute approximate surface area is 162 Å². The quantitative estimate of drug-likeness (QED) is 0.544. The van der Waals surface area contributed by atoms with E-state index in [9.17, 15) is 9.59 Å². The minimum Gasteiger partial charge on any atom is -0.320 e. The molecule has 3 aromatic rings. The van der Waals surface area contributed by atoms with Gasteiger partial charge in [-0.1, -0.05) is 41.1 Å². The fourth-order valence-corrected chi connectivity index (χ4v) is 3.41. The van der Waals surface area contributed by atoms with Crippen molar-refractivity contribution in [2.24, 2.45) is 10.2 Å². The smallest absolute Gasteiger partial charge is 0.276 e. The summed E-state index contributed by atoms with van der Waals surface area (Å²) in [4.78, 5) is 24.3. The normalized spacial score (nSPS) is 15.1. The van der Waals surface area contributed by atoms with Gasteiger partial charge in [-0.15, -0.1) is 10.2 Å². The van der Waals surface area contributed by atoms with Gasteiger partial charge < -0.3 is 5.32 Å². The second-order valence-electron chi connectivity index (χ2n) is 5.68. The van der Waals surface area contributed by atoms with Crippen molar-refractivity contribution in [2.75, 3.05) is 5.32 Å². The van der Waals surface area contributed by atoms with Crippen molar-refractivity contribution in [1.82, 2.24) is 9.78 Å². The molecule has 9 heteroatoms. The van der Waals surface area contributed by atoms with Gasteiger partial charge in [-0.2, -0.15) is 5.10 Å². The number of halogens is 1. The summed E-state index contributed by atoms with van der Waals surface area (Å²) in [7, 11) is 0. The van der Waals surface area contributed by atoms with Crippen molar-refractivity contribution < 1.29 is 9.59 Å². The van der Waals surface area contributed by atoms with Crippen molar-refractivity contribution in [3.8, 4) is 5.69 Å². The average Bonchev–Trinajstić information content (AvgIpc) is 3.21. The standard InChI is InChI=1S/C18H12ClN5O2S/c1-10(25)17-23-24(12-8-6-11(19)7-9-12)18(27-17)22-21-15-13-4-2-3-5-14(13)20-16(15)26/h2-9H,1H3,(H,20,21,26)/b22-18+. The second kappa shape index (κ2) is 6.90. The summed E-state index contributed by atoms with van der Waals surface area (Å²) in [6, 6.07) is 14.2. The molecule has 2 heterocycles. The fourth-order valence-electron chi connectivity index (χ4n) is 2.53. The van der Waals surface area contributed by atoms with Crippen LogP contribution in [-0.2, 0) is 4.79 Å². The highest BCUT2D eigenvalue weighted by molar-refractivity contribution is 7.11. The number of aromatic nitrogens is 2. The van der Waals surface area contributed by atoms with Gasteiger partial charge in [0.25, 0.3) is 5.91 Å². The van der Waals surface area contributed by atoms with Crippen LogP contribution >= 0.6 is 22.9 Å². The van der Waals surface area contributed by atoms with Gasteiger partial charge in [-0.05, 0) is 30.3 Å². The molecule has 1 aliphatic rings. The van der Waals surface area contributed by atoms with Gasteiger partial charge in [0.15, 0.2) is 16.5 Å². The minimum absolute atomic E-state index is 0.180. The van der Waals surface area contributed by atoms with Gasteiger partial charge in [-0.25, -0.2) is 4.68 Å². The number of Topliss-reactive ketones (excluding diaryl/α,β-unsaturated/α-hetero) is 1. The average molecular weight is 398 g/mol. The van der Waals surface area contributed by atoms with Crippen LogP contribution in [0.1, 0.15) is 22.3 Å². The molecule has 1 aliphatic heterocycles. The first kappa shape index (κ1) is 17.3. The molecule has 0 saturated carbocycles. The van der Waals surface area contributed by atoms with Gasteiger partial charge in [0.2, 0.25) is 4.80 Å². The maximum Gasteiger partial charge on any atom is 0.276 e. The Balaban J connectivity index is 1.85. The first-order valence-corrected chi connectivity index (χ1v) is 9.12. The monoisotopic (exact) mass is 397 g/mol. The number of anilines is 1. The minimum atomic E-state index is -0.325. The van der Waals surface area contributed by atoms with Crippen LogP contribution in [0.2, 0.25) is 5.02 Å². The van der Waals surface area contributed by atoms with Crippen LogP contribution < -0.4 is 10.1 Å². The van der Waals surface area contributed by atoms with Crippen LogP contribution in [0.15, 0.2) is 58.7 Å². The van der Waals surface area contributed by atoms with Crippen molar-refractivity contribution in [3.63, 3.8) is 0 Å². The lowest BCUT2D eigenvalue weighted by Crippen LogP contribution is -2.16. The van der Waals surface area contributed by atoms with Crippen molar-refractivity contribution in [2.45, 2.75) is 6.92 Å². The molecule has 0 bridgehead atoms. The molecule has 134 valence electrons. The van der Waals surface area contributed by atoms with E-state index < -0.39 is 0 Å². The van der Waals surface area contributed by atoms with E-state index in [0.717, 1.165) is 11.3 Å². The number of fused-ring (bicyclic) bond motifs is 1. The van der Waals surface area contributed by atoms with Crippen LogP contribution in [0, 0.1) is 0 Å². The van der Waals surface area contributed by atoms with Crippen LogP contribution in [0.4, 0.5) is 5.69 Å². The third-order valence-corrected chi connectivity index (χ3v) is 5.06. The van der Waals surface area contributed by atoms with Gasteiger partial charge in [0.1, 0.15) is 0 Å². The van der Waals surface area contributed by atoms with Crippen molar-refractivity contribution >= 4 is 46.0 Å². The maximum atomic E-state index is 12.2. The fraction of sp³-hybridized carbons (Fsp3) is 0.0556. The Morgan fingerprint density at radius 1 is 1.15 bits per heavy atom. The Kier molecular flexibility index (Phi) is 4.43. The molecule has 0 fully saturated rings. The number of benzene rings is 2. The lowest BCUT2D eigenvalue weighted by atomic mass is 10.1. The topological polar surface area (TPSA) is 88.7 Å². The zero-order valence-corrected chi connectivity index (χ0v) is 15.6. The Hall–Kier alpha value is -3.10. The van der Waals surface area contributed by atoms with Crippen molar-refractivity contribution in [3.05, 3.63) is 68.9 Å². The highest BCUT2D eigenvalue weighted by atomic mass is 35.5. The molecular formula is C18H12ClN5O2S. The number of ketones is 1. The summed E-state index contributed by atoms with van der Waals surface area (Å²) in [5, 5.41) is 16.2. The highest BCUT2D eigenvalue weighted by Gasteiger charge is 2.25. The van der Waals surface area contributed by atoms with Gasteiger partial charge in [0.05, 0.1) is 11.4 Å². The summed E-state index contributed by atoms with van der Waals surface area (Å²) in [5.41, 5.74) is 2.26. The number of carbonyl (C=O) groups excluding carboxylic acids is 2. The molecular weight excluding hydrogens is 386 g/mol. The molecule has 0 radical (unpaired) electrons. The van der Waals surface area contributed by atoms with E-state index in [4.69, 9.17) is 11.6 Å². The first-order chi connectivity index (χ1) is 13.0. The van der Waals surface area contributed by atoms with E-state index in [1.165, 1.54) is 11.6 Å². The van der Waals surface area contributed by atoms with E-state index in [0.29, 0.717) is 31.8 Å². The summed E-state index contributed by atoms with van der Waals surface area (Å²) < 4.78 is 1.50. The molecule has 1 N–H and O–H groups in total. The number of hydrogen-bond acceptors (Lipinski definition) is 6. The van der Waals surface area contributed by atoms with E-state index in [1.54, 1.807) is 36.4 Å². The van der Waals surface area contributed by atoms with Crippen molar-refractivity contribution in [1.29, 1.82) is 0 Å². The summed E-state index contributed by atoms with van der Waals surface area (Å²) in [5.74, 6) is -0.505. The molecule has 7 nitrogen and oxygen atoms in total. The molecule has 0 unspecified atom stereocenters. The summed E-state index contributed by atoms with van der Waals surface area (Å²) in [6.07, 6.45) is 0. The Morgan fingerprint density at radius 2 is 1.89 bits per heavy atom. The number of para-hydroxylation sites is 1. The number of nitrogens with one attached hydrogen (secondary N) is 1. The zero-order chi connectivity index (χ0) is 19.0. The zero-order valence-electron chi connectivity index (χ0n) is 14.0. The molecule has 1 amide bonds. The molecule has 27 heavy (non-hydrogen) atoms. The number of hydrogen-bond donors (Lipinski definition) is 1. The van der Waals surface area contributed by atoms with Gasteiger partial charge >= 0.3 is 0 Å². The van der Waals surface area contributed by atoms with Crippen LogP contribution in [0.25, 0.3) is 5.69 Å². The number of amides is 1. The van der Waals surface area contributed by atoms with Gasteiger partial charge in [0, 0.05) is 17.5 Å². The van der Waals surface area contributed by atoms with E-state index >= 15 is 0 Å². The van der Waals surface area contributed by atoms with Crippen LogP contribution in [-0.4, -0.2) is 27.2 Å². The predicted molar refractivity (Wildman–Crippen MR) is 104 cm³/mol. The number of carbonyl (C=O) groups is 2. The molecule has 0 saturated heterocycles. The van der Waals surface area contributed by atoms with Crippen LogP contribution in [0.5, 0.6) is 0 Å². The molecule has 1 aromatic heterocycles. The molecule has 2 aromatic carbocycles. The predicted octanol–water partition coefficient (Wildman–Crippen LogP) is 3.05. The van der Waals surface area contributed by atoms with E-state index in [2.05, 4.69) is 20.6 Å². The maximum absolute atomic E-state index is 12.2. The van der Waals surface area contributed by atoms with E-state index in [-0.39, 0.29) is 17.4 Å². The third-order valence-electron chi connectivity index (χ3n) is 3.81. The lowest BCUT2D eigenvalue weighted by Gasteiger charge is -2.00. The molecule has 0 aliphatic carbocycles. The molecule has 4 rings (SSSR count). The second-order valence-corrected chi connectivity index (χ2v) is 7.07. The Morgan fingerprint density at radius 3 is 2.63 bits per heavy atom. The molecule has 0 spiro atoms. The highest BCUT2D eigenvalue weighted by Crippen LogP contribution is 2.22. The number of nitrogens with zero attached hydrogens (tertiary/aromatic N) is 4. The molecule has 0 atom stereocenters. The largest absolute Gasteiger partial charge is 0.320 e. The van der Waals surface area contributed by atoms with E-state index in [1.807, 2.05) is 12.1 Å². The first-order valence-electron chi connectivity index (χ1n) is 7.92. The summed E-state index contributed by atoms with van der Waals surface area (Å²) in [6.45, 7) is 1.43. The van der Waals surface area contributed by atoms with Crippen LogP contribution in [0.3, 0.4) is 0 Å². The SMILES string of the molecule is CC(=O)c1nn(-c2ccc(Cl)cc2)/c(=N\N=C2/C(=O)Nc3ccccc32)s1.